The molecule has 3 nitrogen and oxygen atoms in total. The molecule has 2 rings (SSSR count). The third-order valence-electron chi connectivity index (χ3n) is 4.06. The molecule has 2 N–H and O–H groups in total. The van der Waals surface area contributed by atoms with Gasteiger partial charge >= 0.3 is 0 Å². The second kappa shape index (κ2) is 6.71. The number of aryl methyl sites for hydroxylation is 2. The molecule has 0 spiro atoms. The van der Waals surface area contributed by atoms with Gasteiger partial charge in [0.25, 0.3) is 0 Å². The van der Waals surface area contributed by atoms with E-state index in [0.29, 0.717) is 13.0 Å². The van der Waals surface area contributed by atoms with Gasteiger partial charge in [0.15, 0.2) is 0 Å². The molecule has 1 fully saturated rings. The van der Waals surface area contributed by atoms with E-state index in [0.717, 1.165) is 25.7 Å². The first-order valence-corrected chi connectivity index (χ1v) is 7.16. The van der Waals surface area contributed by atoms with Crippen molar-refractivity contribution in [2.24, 2.45) is 5.92 Å². The average molecular weight is 261 g/mol. The van der Waals surface area contributed by atoms with Gasteiger partial charge in [-0.3, -0.25) is 4.79 Å². The zero-order valence-corrected chi connectivity index (χ0v) is 11.6. The fourth-order valence-electron chi connectivity index (χ4n) is 2.73. The van der Waals surface area contributed by atoms with E-state index in [-0.39, 0.29) is 17.9 Å². The second-order valence-electron chi connectivity index (χ2n) is 5.49. The summed E-state index contributed by atoms with van der Waals surface area (Å²) in [6, 6.07) is 8.17. The lowest BCUT2D eigenvalue weighted by atomic mass is 10.0. The monoisotopic (exact) mass is 261 g/mol. The molecule has 1 aliphatic carbocycles. The average Bonchev–Trinajstić information content (AvgIpc) is 2.81. The van der Waals surface area contributed by atoms with Crippen LogP contribution in [0.15, 0.2) is 24.3 Å². The molecule has 3 heteroatoms. The van der Waals surface area contributed by atoms with Crippen molar-refractivity contribution in [1.82, 2.24) is 5.32 Å². The molecule has 1 aromatic rings. The molecule has 1 amide bonds. The summed E-state index contributed by atoms with van der Waals surface area (Å²) >= 11 is 0. The number of benzene rings is 1. The summed E-state index contributed by atoms with van der Waals surface area (Å²) in [7, 11) is 0. The van der Waals surface area contributed by atoms with E-state index in [2.05, 4.69) is 24.4 Å². The van der Waals surface area contributed by atoms with E-state index < -0.39 is 0 Å². The summed E-state index contributed by atoms with van der Waals surface area (Å²) in [5.41, 5.74) is 2.47. The summed E-state index contributed by atoms with van der Waals surface area (Å²) < 4.78 is 0. The molecule has 0 aromatic heterocycles. The number of nitrogens with one attached hydrogen (secondary N) is 1. The Balaban J connectivity index is 1.71. The third kappa shape index (κ3) is 4.06. The van der Waals surface area contributed by atoms with E-state index in [4.69, 9.17) is 0 Å². The highest BCUT2D eigenvalue weighted by Crippen LogP contribution is 2.24. The van der Waals surface area contributed by atoms with Crippen LogP contribution in [0.25, 0.3) is 0 Å². The van der Waals surface area contributed by atoms with Crippen LogP contribution in [0.1, 0.15) is 36.8 Å². The predicted octanol–water partition coefficient (Wildman–Crippen LogP) is 2.20. The van der Waals surface area contributed by atoms with Crippen molar-refractivity contribution in [3.63, 3.8) is 0 Å². The Hall–Kier alpha value is -1.35. The molecule has 104 valence electrons. The molecule has 0 radical (unpaired) electrons. The number of rotatable bonds is 5. The maximum atomic E-state index is 11.8. The summed E-state index contributed by atoms with van der Waals surface area (Å²) in [5.74, 6) is 0.338. The number of aliphatic hydroxyl groups is 1. The molecular formula is C16H23NO2. The van der Waals surface area contributed by atoms with Gasteiger partial charge in [-0.05, 0) is 37.3 Å². The molecular weight excluding hydrogens is 238 g/mol. The highest BCUT2D eigenvalue weighted by atomic mass is 16.3. The van der Waals surface area contributed by atoms with Crippen LogP contribution in [0.4, 0.5) is 0 Å². The van der Waals surface area contributed by atoms with E-state index in [1.54, 1.807) is 0 Å². The van der Waals surface area contributed by atoms with Crippen molar-refractivity contribution in [1.29, 1.82) is 0 Å². The minimum atomic E-state index is -0.225. The van der Waals surface area contributed by atoms with Gasteiger partial charge in [0.05, 0.1) is 6.10 Å². The normalized spacial score (nSPS) is 22.4. The molecule has 0 saturated heterocycles. The van der Waals surface area contributed by atoms with Crippen molar-refractivity contribution in [2.45, 2.75) is 45.1 Å². The lowest BCUT2D eigenvalue weighted by Gasteiger charge is -2.15. The van der Waals surface area contributed by atoms with Crippen LogP contribution in [0.2, 0.25) is 0 Å². The maximum Gasteiger partial charge on any atom is 0.220 e. The highest BCUT2D eigenvalue weighted by molar-refractivity contribution is 5.76. The number of carbonyl (C=O) groups excluding carboxylic acids is 1. The van der Waals surface area contributed by atoms with Crippen molar-refractivity contribution < 1.29 is 9.90 Å². The van der Waals surface area contributed by atoms with Gasteiger partial charge in [-0.1, -0.05) is 30.7 Å². The lowest BCUT2D eigenvalue weighted by Crippen LogP contribution is -2.32. The standard InChI is InChI=1S/C16H23NO2/c1-12-5-2-3-6-13(12)9-10-16(19)17-11-14-7-4-8-15(14)18/h2-3,5-6,14-15,18H,4,7-11H2,1H3,(H,17,19). The minimum absolute atomic E-state index is 0.0855. The summed E-state index contributed by atoms with van der Waals surface area (Å²) in [5, 5.41) is 12.6. The van der Waals surface area contributed by atoms with Gasteiger partial charge in [-0.2, -0.15) is 0 Å². The molecule has 2 unspecified atom stereocenters. The quantitative estimate of drug-likeness (QED) is 0.853. The Morgan fingerprint density at radius 1 is 1.37 bits per heavy atom. The molecule has 0 bridgehead atoms. The van der Waals surface area contributed by atoms with Crippen molar-refractivity contribution in [2.75, 3.05) is 6.54 Å². The van der Waals surface area contributed by atoms with E-state index in [1.165, 1.54) is 11.1 Å². The first kappa shape index (κ1) is 14.1. The van der Waals surface area contributed by atoms with Crippen LogP contribution in [0.3, 0.4) is 0 Å². The summed E-state index contributed by atoms with van der Waals surface area (Å²) in [4.78, 5) is 11.8. The smallest absolute Gasteiger partial charge is 0.220 e. The highest BCUT2D eigenvalue weighted by Gasteiger charge is 2.25. The van der Waals surface area contributed by atoms with Crippen molar-refractivity contribution in [3.8, 4) is 0 Å². The van der Waals surface area contributed by atoms with Crippen LogP contribution >= 0.6 is 0 Å². The molecule has 2 atom stereocenters. The first-order chi connectivity index (χ1) is 9.16. The molecule has 0 heterocycles. The van der Waals surface area contributed by atoms with Gasteiger partial charge in [0.2, 0.25) is 5.91 Å². The minimum Gasteiger partial charge on any atom is -0.393 e. The van der Waals surface area contributed by atoms with Gasteiger partial charge in [-0.15, -0.1) is 0 Å². The first-order valence-electron chi connectivity index (χ1n) is 7.16. The van der Waals surface area contributed by atoms with Gasteiger partial charge in [0.1, 0.15) is 0 Å². The van der Waals surface area contributed by atoms with Gasteiger partial charge in [0, 0.05) is 18.9 Å². The van der Waals surface area contributed by atoms with Crippen LogP contribution in [-0.2, 0) is 11.2 Å². The third-order valence-corrected chi connectivity index (χ3v) is 4.06. The fraction of sp³-hybridized carbons (Fsp3) is 0.562. The number of carbonyl (C=O) groups is 1. The summed E-state index contributed by atoms with van der Waals surface area (Å²) in [6.07, 6.45) is 4.06. The Labute approximate surface area is 115 Å². The largest absolute Gasteiger partial charge is 0.393 e. The SMILES string of the molecule is Cc1ccccc1CCC(=O)NCC1CCCC1O. The van der Waals surface area contributed by atoms with E-state index in [1.807, 2.05) is 12.1 Å². The number of aliphatic hydroxyl groups excluding tert-OH is 1. The van der Waals surface area contributed by atoms with Crippen LogP contribution in [0.5, 0.6) is 0 Å². The topological polar surface area (TPSA) is 49.3 Å². The molecule has 1 aromatic carbocycles. The van der Waals surface area contributed by atoms with Gasteiger partial charge in [-0.25, -0.2) is 0 Å². The zero-order valence-electron chi connectivity index (χ0n) is 11.6. The maximum absolute atomic E-state index is 11.8. The Morgan fingerprint density at radius 2 is 2.16 bits per heavy atom. The number of hydrogen-bond donors (Lipinski definition) is 2. The van der Waals surface area contributed by atoms with Crippen LogP contribution < -0.4 is 5.32 Å². The molecule has 1 saturated carbocycles. The van der Waals surface area contributed by atoms with Gasteiger partial charge < -0.3 is 10.4 Å². The van der Waals surface area contributed by atoms with E-state index >= 15 is 0 Å². The van der Waals surface area contributed by atoms with Crippen molar-refractivity contribution in [3.05, 3.63) is 35.4 Å². The molecule has 1 aliphatic rings. The lowest BCUT2D eigenvalue weighted by molar-refractivity contribution is -0.121. The second-order valence-corrected chi connectivity index (χ2v) is 5.49. The van der Waals surface area contributed by atoms with Crippen molar-refractivity contribution >= 4 is 5.91 Å². The Morgan fingerprint density at radius 3 is 2.84 bits per heavy atom. The number of amides is 1. The molecule has 0 aliphatic heterocycles. The van der Waals surface area contributed by atoms with E-state index in [9.17, 15) is 9.90 Å². The number of hydrogen-bond acceptors (Lipinski definition) is 2. The Bertz CT molecular complexity index is 431. The zero-order chi connectivity index (χ0) is 13.7. The Kier molecular flexibility index (Phi) is 4.97. The molecule has 19 heavy (non-hydrogen) atoms. The predicted molar refractivity (Wildman–Crippen MR) is 75.9 cm³/mol. The van der Waals surface area contributed by atoms with Crippen LogP contribution in [0, 0.1) is 12.8 Å². The fourth-order valence-corrected chi connectivity index (χ4v) is 2.73. The van der Waals surface area contributed by atoms with Crippen LogP contribution in [-0.4, -0.2) is 23.7 Å². The summed E-state index contributed by atoms with van der Waals surface area (Å²) in [6.45, 7) is 2.69.